The van der Waals surface area contributed by atoms with Crippen molar-refractivity contribution in [1.29, 1.82) is 0 Å². The number of aliphatic hydroxyl groups is 3. The minimum absolute atomic E-state index is 0. The molecular formula is C29H50N2O8S3. The van der Waals surface area contributed by atoms with Crippen molar-refractivity contribution in [3.8, 4) is 0 Å². The minimum atomic E-state index is -1.41. The van der Waals surface area contributed by atoms with Crippen LogP contribution in [0.5, 0.6) is 0 Å². The fourth-order valence-corrected chi connectivity index (χ4v) is 6.94. The summed E-state index contributed by atoms with van der Waals surface area (Å²) >= 11 is 3.04. The average Bonchev–Trinajstić information content (AvgIpc) is 3.43. The standard InChI is InChI=1S/C29H48N2O8S2.H2S/c1-17(2)21(25-23(33)22(32)24(34)27(38-25)40-6)30-26(35)20-15-18(9-8-14-41-16-19-10-7-13-37-19)11-12-31(20)28(36)39-29(3,4)5;/h7,10,13,17-18,20-25,27,32-34H,8-9,11-12,14-16H2,1-6H3,(H,30,35);1H2. The first-order valence-corrected chi connectivity index (χ1v) is 16.9. The van der Waals surface area contributed by atoms with Crippen LogP contribution in [0.15, 0.2) is 22.8 Å². The molecule has 13 heteroatoms. The highest BCUT2D eigenvalue weighted by molar-refractivity contribution is 7.99. The zero-order chi connectivity index (χ0) is 30.3. The van der Waals surface area contributed by atoms with Crippen LogP contribution in [-0.4, -0.2) is 98.3 Å². The monoisotopic (exact) mass is 650 g/mol. The molecule has 8 unspecified atom stereocenters. The molecule has 242 valence electrons. The normalized spacial score (nSPS) is 29.1. The van der Waals surface area contributed by atoms with Crippen LogP contribution in [-0.2, 0) is 20.0 Å². The topological polar surface area (TPSA) is 142 Å². The predicted octanol–water partition coefficient (Wildman–Crippen LogP) is 3.73. The Bertz CT molecular complexity index is 959. The molecule has 42 heavy (non-hydrogen) atoms. The van der Waals surface area contributed by atoms with E-state index >= 15 is 0 Å². The van der Waals surface area contributed by atoms with Crippen molar-refractivity contribution in [2.45, 2.75) is 114 Å². The van der Waals surface area contributed by atoms with Crippen molar-refractivity contribution < 1.29 is 38.8 Å². The molecule has 2 aliphatic rings. The van der Waals surface area contributed by atoms with Gasteiger partial charge in [-0.05, 0) is 82.4 Å². The summed E-state index contributed by atoms with van der Waals surface area (Å²) in [7, 11) is 0. The highest BCUT2D eigenvalue weighted by atomic mass is 32.2. The molecule has 3 rings (SSSR count). The SMILES string of the molecule is CSC1OC(C(NC(=O)C2CC(CCCSCc3ccco3)CCN2C(=O)OC(C)(C)C)C(C)C)C(O)C(O)C1O.S. The van der Waals surface area contributed by atoms with Gasteiger partial charge in [0.2, 0.25) is 5.91 Å². The number of nitrogens with one attached hydrogen (secondary N) is 1. The number of hydrogen-bond donors (Lipinski definition) is 4. The summed E-state index contributed by atoms with van der Waals surface area (Å²) in [4.78, 5) is 28.5. The van der Waals surface area contributed by atoms with Crippen LogP contribution in [0, 0.1) is 11.8 Å². The number of likely N-dealkylation sites (tertiary alicyclic amines) is 1. The Labute approximate surface area is 265 Å². The van der Waals surface area contributed by atoms with Crippen molar-refractivity contribution >= 4 is 49.0 Å². The second-order valence-corrected chi connectivity index (χ2v) is 14.4. The number of furan rings is 1. The Morgan fingerprint density at radius 2 is 1.90 bits per heavy atom. The molecule has 10 nitrogen and oxygen atoms in total. The molecule has 0 aliphatic carbocycles. The quantitative estimate of drug-likeness (QED) is 0.262. The summed E-state index contributed by atoms with van der Waals surface area (Å²) in [5.41, 5.74) is -1.45. The second-order valence-electron chi connectivity index (χ2n) is 12.3. The zero-order valence-electron chi connectivity index (χ0n) is 25.5. The van der Waals surface area contributed by atoms with E-state index in [1.807, 2.05) is 37.7 Å². The van der Waals surface area contributed by atoms with Gasteiger partial charge in [-0.25, -0.2) is 4.79 Å². The van der Waals surface area contributed by atoms with Gasteiger partial charge < -0.3 is 34.5 Å². The van der Waals surface area contributed by atoms with Crippen LogP contribution in [0.25, 0.3) is 0 Å². The fourth-order valence-electron chi connectivity index (χ4n) is 5.38. The van der Waals surface area contributed by atoms with Gasteiger partial charge in [0.05, 0.1) is 18.1 Å². The van der Waals surface area contributed by atoms with E-state index in [1.165, 1.54) is 16.7 Å². The second kappa shape index (κ2) is 16.8. The lowest BCUT2D eigenvalue weighted by molar-refractivity contribution is -0.208. The third kappa shape index (κ3) is 10.2. The molecule has 0 radical (unpaired) electrons. The van der Waals surface area contributed by atoms with E-state index in [-0.39, 0.29) is 31.2 Å². The maximum atomic E-state index is 13.9. The van der Waals surface area contributed by atoms with Crippen LogP contribution in [0.3, 0.4) is 0 Å². The van der Waals surface area contributed by atoms with Crippen LogP contribution in [0.4, 0.5) is 4.79 Å². The number of carbonyl (C=O) groups is 2. The molecule has 0 saturated carbocycles. The van der Waals surface area contributed by atoms with Gasteiger partial charge in [0.25, 0.3) is 0 Å². The van der Waals surface area contributed by atoms with Crippen LogP contribution in [0.2, 0.25) is 0 Å². The summed E-state index contributed by atoms with van der Waals surface area (Å²) in [6.07, 6.45) is 1.12. The molecule has 8 atom stereocenters. The predicted molar refractivity (Wildman–Crippen MR) is 171 cm³/mol. The third-order valence-electron chi connectivity index (χ3n) is 7.59. The van der Waals surface area contributed by atoms with E-state index in [0.29, 0.717) is 13.0 Å². The Kier molecular flexibility index (Phi) is 14.9. The number of nitrogens with zero attached hydrogens (tertiary/aromatic N) is 1. The highest BCUT2D eigenvalue weighted by Crippen LogP contribution is 2.32. The molecule has 3 heterocycles. The number of hydrogen-bond acceptors (Lipinski definition) is 10. The van der Waals surface area contributed by atoms with Gasteiger partial charge in [-0.1, -0.05) is 13.8 Å². The summed E-state index contributed by atoms with van der Waals surface area (Å²) < 4.78 is 17.0. The third-order valence-corrected chi connectivity index (χ3v) is 9.51. The van der Waals surface area contributed by atoms with Gasteiger partial charge in [-0.2, -0.15) is 25.3 Å². The molecule has 2 fully saturated rings. The molecule has 4 N–H and O–H groups in total. The van der Waals surface area contributed by atoms with E-state index in [9.17, 15) is 24.9 Å². The lowest BCUT2D eigenvalue weighted by Crippen LogP contribution is -2.65. The van der Waals surface area contributed by atoms with Crippen molar-refractivity contribution in [1.82, 2.24) is 10.2 Å². The van der Waals surface area contributed by atoms with Crippen molar-refractivity contribution in [3.63, 3.8) is 0 Å². The van der Waals surface area contributed by atoms with Crippen LogP contribution < -0.4 is 5.32 Å². The Morgan fingerprint density at radius 3 is 2.50 bits per heavy atom. The van der Waals surface area contributed by atoms with Gasteiger partial charge in [0.1, 0.15) is 47.3 Å². The van der Waals surface area contributed by atoms with E-state index in [1.54, 1.807) is 33.3 Å². The van der Waals surface area contributed by atoms with Gasteiger partial charge in [0, 0.05) is 6.54 Å². The molecule has 2 amide bonds. The molecule has 2 aliphatic heterocycles. The van der Waals surface area contributed by atoms with E-state index in [2.05, 4.69) is 5.32 Å². The summed E-state index contributed by atoms with van der Waals surface area (Å²) in [5, 5.41) is 34.6. The number of aliphatic hydroxyl groups excluding tert-OH is 3. The maximum Gasteiger partial charge on any atom is 0.410 e. The molecule has 0 spiro atoms. The van der Waals surface area contributed by atoms with Gasteiger partial charge >= 0.3 is 6.09 Å². The number of piperidine rings is 1. The van der Waals surface area contributed by atoms with Crippen LogP contribution in [0.1, 0.15) is 66.1 Å². The smallest absolute Gasteiger partial charge is 0.410 e. The lowest BCUT2D eigenvalue weighted by atomic mass is 9.86. The van der Waals surface area contributed by atoms with Crippen molar-refractivity contribution in [3.05, 3.63) is 24.2 Å². The first kappa shape index (κ1) is 37.1. The molecule has 0 aromatic carbocycles. The lowest BCUT2D eigenvalue weighted by Gasteiger charge is -2.45. The fraction of sp³-hybridized carbons (Fsp3) is 0.793. The summed E-state index contributed by atoms with van der Waals surface area (Å²) in [5.74, 6) is 2.51. The Balaban J connectivity index is 0.00000616. The van der Waals surface area contributed by atoms with E-state index in [4.69, 9.17) is 13.9 Å². The number of rotatable bonds is 11. The number of thioether (sulfide) groups is 2. The van der Waals surface area contributed by atoms with E-state index in [0.717, 1.165) is 36.5 Å². The molecule has 1 aromatic rings. The number of carbonyl (C=O) groups excluding carboxylic acids is 2. The molecule has 2 saturated heterocycles. The van der Waals surface area contributed by atoms with Crippen LogP contribution >= 0.6 is 37.0 Å². The Hall–Kier alpha value is -1.09. The number of ether oxygens (including phenoxy) is 2. The summed E-state index contributed by atoms with van der Waals surface area (Å²) in [6.45, 7) is 9.58. The highest BCUT2D eigenvalue weighted by Gasteiger charge is 2.48. The van der Waals surface area contributed by atoms with Gasteiger partial charge in [-0.3, -0.25) is 9.69 Å². The zero-order valence-corrected chi connectivity index (χ0v) is 28.2. The Morgan fingerprint density at radius 1 is 1.19 bits per heavy atom. The van der Waals surface area contributed by atoms with Gasteiger partial charge in [0.15, 0.2) is 0 Å². The van der Waals surface area contributed by atoms with Gasteiger partial charge in [-0.15, -0.1) is 11.8 Å². The molecular weight excluding hydrogens is 601 g/mol. The van der Waals surface area contributed by atoms with Crippen molar-refractivity contribution in [2.75, 3.05) is 18.6 Å². The largest absolute Gasteiger partial charge is 0.468 e. The minimum Gasteiger partial charge on any atom is -0.468 e. The molecule has 1 aromatic heterocycles. The average molecular weight is 651 g/mol. The maximum absolute atomic E-state index is 13.9. The van der Waals surface area contributed by atoms with Crippen molar-refractivity contribution in [2.24, 2.45) is 11.8 Å². The molecule has 0 bridgehead atoms. The first-order valence-electron chi connectivity index (χ1n) is 14.4. The summed E-state index contributed by atoms with van der Waals surface area (Å²) in [6, 6.07) is 2.45. The first-order chi connectivity index (χ1) is 19.3. The number of amides is 2. The van der Waals surface area contributed by atoms with E-state index < -0.39 is 53.6 Å².